The number of rotatable bonds is 5. The van der Waals surface area contributed by atoms with Gasteiger partial charge in [-0.05, 0) is 54.3 Å². The van der Waals surface area contributed by atoms with Crippen LogP contribution in [0, 0.1) is 12.3 Å². The Labute approximate surface area is 182 Å². The average Bonchev–Trinajstić information content (AvgIpc) is 3.13. The summed E-state index contributed by atoms with van der Waals surface area (Å²) in [5.41, 5.74) is 3.17. The molecular weight excluding hydrogens is 392 g/mol. The number of carbonyl (C=O) groups is 1. The van der Waals surface area contributed by atoms with Gasteiger partial charge in [-0.25, -0.2) is 0 Å². The van der Waals surface area contributed by atoms with Gasteiger partial charge in [0.2, 0.25) is 5.96 Å². The van der Waals surface area contributed by atoms with E-state index in [4.69, 9.17) is 10.1 Å². The van der Waals surface area contributed by atoms with Gasteiger partial charge in [0, 0.05) is 32.8 Å². The highest BCUT2D eigenvalue weighted by Crippen LogP contribution is 2.25. The summed E-state index contributed by atoms with van der Waals surface area (Å²) in [5.74, 6) is 0.554. The van der Waals surface area contributed by atoms with Crippen LogP contribution in [0.1, 0.15) is 27.9 Å². The summed E-state index contributed by atoms with van der Waals surface area (Å²) in [6, 6.07) is 14.4. The first-order chi connectivity index (χ1) is 14.9. The number of carbonyl (C=O) groups excluding carboxylic acids is 1. The smallest absolute Gasteiger partial charge is 0.259 e. The molecule has 7 nitrogen and oxygen atoms in total. The van der Waals surface area contributed by atoms with E-state index in [1.54, 1.807) is 42.2 Å². The van der Waals surface area contributed by atoms with Crippen molar-refractivity contribution in [2.24, 2.45) is 4.99 Å². The maximum Gasteiger partial charge on any atom is 0.259 e. The Morgan fingerprint density at radius 3 is 2.77 bits per heavy atom. The molecule has 2 N–H and O–H groups in total. The fraction of sp³-hybridized carbons (Fsp3) is 0.292. The van der Waals surface area contributed by atoms with E-state index < -0.39 is 0 Å². The monoisotopic (exact) mass is 420 g/mol. The van der Waals surface area contributed by atoms with Crippen LogP contribution in [0.5, 0.6) is 5.75 Å². The number of ether oxygens (including phenoxy) is 1. The van der Waals surface area contributed by atoms with Crippen LogP contribution in [-0.4, -0.2) is 66.5 Å². The number of aryl methyl sites for hydroxylation is 1. The summed E-state index contributed by atoms with van der Waals surface area (Å²) < 4.78 is 5.09. The Hall–Kier alpha value is -3.45. The number of hydrogen-bond acceptors (Lipinski definition) is 4. The molecule has 0 aromatic heterocycles. The number of likely N-dealkylation sites (N-methyl/N-ethyl adjacent to an activating group) is 1. The SMILES string of the molecule is COCCN(C)C(=N)/N=C1\C(=C\c2cccc(O)c2)CCN1C(=O)c1ccccc1C. The summed E-state index contributed by atoms with van der Waals surface area (Å²) in [6.45, 7) is 3.38. The van der Waals surface area contributed by atoms with Crippen LogP contribution in [0.25, 0.3) is 6.08 Å². The zero-order valence-electron chi connectivity index (χ0n) is 18.1. The summed E-state index contributed by atoms with van der Waals surface area (Å²) in [4.78, 5) is 21.2. The first-order valence-corrected chi connectivity index (χ1v) is 10.2. The third-order valence-corrected chi connectivity index (χ3v) is 5.18. The molecule has 31 heavy (non-hydrogen) atoms. The van der Waals surface area contributed by atoms with Crippen molar-refractivity contribution in [2.75, 3.05) is 33.9 Å². The van der Waals surface area contributed by atoms with Crippen LogP contribution in [0.4, 0.5) is 0 Å². The van der Waals surface area contributed by atoms with E-state index >= 15 is 0 Å². The molecule has 1 saturated heterocycles. The van der Waals surface area contributed by atoms with Crippen molar-refractivity contribution in [2.45, 2.75) is 13.3 Å². The van der Waals surface area contributed by atoms with Crippen molar-refractivity contribution >= 4 is 23.8 Å². The van der Waals surface area contributed by atoms with Crippen molar-refractivity contribution in [1.29, 1.82) is 5.41 Å². The van der Waals surface area contributed by atoms with Crippen LogP contribution >= 0.6 is 0 Å². The zero-order valence-corrected chi connectivity index (χ0v) is 18.1. The molecule has 3 rings (SSSR count). The lowest BCUT2D eigenvalue weighted by molar-refractivity contribution is 0.0856. The Balaban J connectivity index is 1.98. The lowest BCUT2D eigenvalue weighted by Gasteiger charge is -2.21. The van der Waals surface area contributed by atoms with Crippen LogP contribution in [-0.2, 0) is 4.74 Å². The van der Waals surface area contributed by atoms with Gasteiger partial charge < -0.3 is 14.7 Å². The van der Waals surface area contributed by atoms with Crippen LogP contribution in [0.15, 0.2) is 59.1 Å². The quantitative estimate of drug-likeness (QED) is 0.572. The summed E-state index contributed by atoms with van der Waals surface area (Å²) in [7, 11) is 3.38. The molecule has 0 saturated carbocycles. The number of amidine groups is 1. The molecule has 1 amide bonds. The highest BCUT2D eigenvalue weighted by Gasteiger charge is 2.31. The molecule has 0 atom stereocenters. The van der Waals surface area contributed by atoms with Gasteiger partial charge in [-0.15, -0.1) is 0 Å². The molecule has 0 radical (unpaired) electrons. The number of likely N-dealkylation sites (tertiary alicyclic amines) is 1. The molecule has 7 heteroatoms. The van der Waals surface area contributed by atoms with Crippen molar-refractivity contribution in [1.82, 2.24) is 9.80 Å². The van der Waals surface area contributed by atoms with Gasteiger partial charge in [0.15, 0.2) is 0 Å². The highest BCUT2D eigenvalue weighted by molar-refractivity contribution is 6.18. The molecule has 162 valence electrons. The van der Waals surface area contributed by atoms with Gasteiger partial charge in [0.05, 0.1) is 6.61 Å². The number of aliphatic imine (C=N–C) groups is 1. The predicted octanol–water partition coefficient (Wildman–Crippen LogP) is 3.54. The van der Waals surface area contributed by atoms with Crippen LogP contribution in [0.3, 0.4) is 0 Å². The molecule has 1 fully saturated rings. The number of phenols is 1. The van der Waals surface area contributed by atoms with Gasteiger partial charge in [-0.2, -0.15) is 4.99 Å². The van der Waals surface area contributed by atoms with Crippen LogP contribution < -0.4 is 0 Å². The first kappa shape index (κ1) is 22.2. The standard InChI is InChI=1S/C24H28N4O3/c1-17-7-4-5-10-21(17)23(30)28-12-11-19(15-18-8-6-9-20(29)16-18)22(28)26-24(25)27(2)13-14-31-3/h4-10,15-16,25,29H,11-14H2,1-3H3/b19-15+,25-24?,26-22+. The molecule has 2 aromatic carbocycles. The molecule has 1 heterocycles. The fourth-order valence-electron chi connectivity index (χ4n) is 3.38. The van der Waals surface area contributed by atoms with Gasteiger partial charge in [-0.1, -0.05) is 30.3 Å². The topological polar surface area (TPSA) is 89.2 Å². The number of nitrogens with one attached hydrogen (secondary N) is 1. The van der Waals surface area contributed by atoms with Gasteiger partial charge in [0.1, 0.15) is 11.6 Å². The Morgan fingerprint density at radius 1 is 1.29 bits per heavy atom. The minimum Gasteiger partial charge on any atom is -0.508 e. The second-order valence-electron chi connectivity index (χ2n) is 7.46. The second kappa shape index (κ2) is 10.0. The normalized spacial score (nSPS) is 16.2. The molecule has 0 bridgehead atoms. The van der Waals surface area contributed by atoms with Gasteiger partial charge >= 0.3 is 0 Å². The molecule has 2 aromatic rings. The highest BCUT2D eigenvalue weighted by atomic mass is 16.5. The number of aromatic hydroxyl groups is 1. The Morgan fingerprint density at radius 2 is 2.06 bits per heavy atom. The van der Waals surface area contributed by atoms with Crippen molar-refractivity contribution in [3.63, 3.8) is 0 Å². The van der Waals surface area contributed by atoms with E-state index in [9.17, 15) is 9.90 Å². The lowest BCUT2D eigenvalue weighted by atomic mass is 10.1. The zero-order chi connectivity index (χ0) is 22.4. The number of guanidine groups is 1. The molecule has 1 aliphatic rings. The van der Waals surface area contributed by atoms with Gasteiger partial charge in [0.25, 0.3) is 5.91 Å². The predicted molar refractivity (Wildman–Crippen MR) is 123 cm³/mol. The van der Waals surface area contributed by atoms with Gasteiger partial charge in [-0.3, -0.25) is 15.1 Å². The number of hydrogen-bond donors (Lipinski definition) is 2. The molecule has 0 aliphatic carbocycles. The van der Waals surface area contributed by atoms with E-state index in [-0.39, 0.29) is 17.6 Å². The van der Waals surface area contributed by atoms with E-state index in [2.05, 4.69) is 4.99 Å². The summed E-state index contributed by atoms with van der Waals surface area (Å²) in [6.07, 6.45) is 2.52. The molecule has 0 spiro atoms. The number of amides is 1. The number of methoxy groups -OCH3 is 1. The van der Waals surface area contributed by atoms with E-state index in [1.807, 2.05) is 43.3 Å². The second-order valence-corrected chi connectivity index (χ2v) is 7.46. The average molecular weight is 421 g/mol. The lowest BCUT2D eigenvalue weighted by Crippen LogP contribution is -2.35. The molecular formula is C24H28N4O3. The maximum atomic E-state index is 13.3. The molecule has 1 aliphatic heterocycles. The maximum absolute atomic E-state index is 13.3. The fourth-order valence-corrected chi connectivity index (χ4v) is 3.38. The number of nitrogens with zero attached hydrogens (tertiary/aromatic N) is 3. The first-order valence-electron chi connectivity index (χ1n) is 10.2. The third kappa shape index (κ3) is 5.38. The van der Waals surface area contributed by atoms with Crippen molar-refractivity contribution in [3.8, 4) is 5.75 Å². The largest absolute Gasteiger partial charge is 0.508 e. The minimum absolute atomic E-state index is 0.0540. The van der Waals surface area contributed by atoms with Crippen molar-refractivity contribution in [3.05, 3.63) is 70.8 Å². The molecule has 0 unspecified atom stereocenters. The van der Waals surface area contributed by atoms with Crippen molar-refractivity contribution < 1.29 is 14.6 Å². The number of phenolic OH excluding ortho intramolecular Hbond substituents is 1. The summed E-state index contributed by atoms with van der Waals surface area (Å²) in [5, 5.41) is 18.2. The summed E-state index contributed by atoms with van der Waals surface area (Å²) >= 11 is 0. The van der Waals surface area contributed by atoms with E-state index in [0.717, 1.165) is 16.7 Å². The Bertz CT molecular complexity index is 1030. The number of benzene rings is 2. The van der Waals surface area contributed by atoms with Crippen LogP contribution in [0.2, 0.25) is 0 Å². The minimum atomic E-state index is -0.136. The van der Waals surface area contributed by atoms with E-state index in [1.165, 1.54) is 0 Å². The van der Waals surface area contributed by atoms with E-state index in [0.29, 0.717) is 37.5 Å². The Kier molecular flexibility index (Phi) is 7.20. The third-order valence-electron chi connectivity index (χ3n) is 5.18.